The van der Waals surface area contributed by atoms with Gasteiger partial charge in [0.15, 0.2) is 0 Å². The van der Waals surface area contributed by atoms with Gasteiger partial charge in [0.05, 0.1) is 18.8 Å². The second kappa shape index (κ2) is 43.6. The molecule has 324 valence electrons. The molecule has 0 aromatic heterocycles. The van der Waals surface area contributed by atoms with E-state index < -0.39 is 36.9 Å². The van der Waals surface area contributed by atoms with Crippen LogP contribution < -0.4 is 5.32 Å². The van der Waals surface area contributed by atoms with Crippen molar-refractivity contribution >= 4 is 5.91 Å². The molecule has 0 aliphatic heterocycles. The number of carbonyl (C=O) groups is 1. The molecular weight excluding hydrogens is 683 g/mol. The number of allylic oxidation sites excluding steroid dienone is 6. The average molecular weight is 776 g/mol. The van der Waals surface area contributed by atoms with Gasteiger partial charge < -0.3 is 25.7 Å². The Morgan fingerprint density at radius 1 is 0.436 bits per heavy atom. The molecule has 0 saturated carbocycles. The van der Waals surface area contributed by atoms with Crippen molar-refractivity contribution < 1.29 is 25.2 Å². The Hall–Kier alpha value is -1.47. The molecular formula is C49H93NO5. The maximum Gasteiger partial charge on any atom is 0.249 e. The first-order valence-electron chi connectivity index (χ1n) is 23.9. The van der Waals surface area contributed by atoms with E-state index in [0.29, 0.717) is 19.3 Å². The van der Waals surface area contributed by atoms with Gasteiger partial charge in [0.1, 0.15) is 12.2 Å². The normalized spacial score (nSPS) is 14.4. The van der Waals surface area contributed by atoms with Crippen molar-refractivity contribution in [1.29, 1.82) is 0 Å². The molecule has 0 aliphatic rings. The highest BCUT2D eigenvalue weighted by molar-refractivity contribution is 5.80. The molecule has 0 aromatic carbocycles. The fourth-order valence-corrected chi connectivity index (χ4v) is 7.27. The summed E-state index contributed by atoms with van der Waals surface area (Å²) in [6.07, 6.45) is 51.9. The Morgan fingerprint density at radius 3 is 1.15 bits per heavy atom. The molecule has 1 amide bonds. The van der Waals surface area contributed by atoms with Crippen LogP contribution in [0.2, 0.25) is 0 Å². The summed E-state index contributed by atoms with van der Waals surface area (Å²) in [5.41, 5.74) is 0. The van der Waals surface area contributed by atoms with E-state index in [1.54, 1.807) is 0 Å². The SMILES string of the molecule is CCC/C=C/CC/C=C/CC/C=C/CCCC(O)C(O)C(CO)NC(=O)C(O)CCCCCCCCCCCCCCCCCCCCCCCCCCC. The second-order valence-electron chi connectivity index (χ2n) is 16.4. The van der Waals surface area contributed by atoms with Gasteiger partial charge in [0.2, 0.25) is 5.91 Å². The zero-order valence-electron chi connectivity index (χ0n) is 36.4. The largest absolute Gasteiger partial charge is 0.394 e. The molecule has 0 saturated heterocycles. The Bertz CT molecular complexity index is 873. The topological polar surface area (TPSA) is 110 Å². The van der Waals surface area contributed by atoms with E-state index >= 15 is 0 Å². The zero-order chi connectivity index (χ0) is 40.3. The van der Waals surface area contributed by atoms with Crippen LogP contribution in [0.5, 0.6) is 0 Å². The minimum atomic E-state index is -1.29. The van der Waals surface area contributed by atoms with Gasteiger partial charge in [-0.25, -0.2) is 0 Å². The first kappa shape index (κ1) is 53.5. The van der Waals surface area contributed by atoms with Crippen LogP contribution in [0.4, 0.5) is 0 Å². The number of hydrogen-bond donors (Lipinski definition) is 5. The number of aliphatic hydroxyl groups is 4. The van der Waals surface area contributed by atoms with Crippen molar-refractivity contribution in [3.05, 3.63) is 36.5 Å². The number of nitrogens with one attached hydrogen (secondary N) is 1. The van der Waals surface area contributed by atoms with Gasteiger partial charge in [-0.15, -0.1) is 0 Å². The minimum absolute atomic E-state index is 0.362. The Morgan fingerprint density at radius 2 is 0.782 bits per heavy atom. The summed E-state index contributed by atoms with van der Waals surface area (Å²) in [7, 11) is 0. The summed E-state index contributed by atoms with van der Waals surface area (Å²) in [6.45, 7) is 3.98. The minimum Gasteiger partial charge on any atom is -0.394 e. The zero-order valence-corrected chi connectivity index (χ0v) is 36.4. The van der Waals surface area contributed by atoms with Gasteiger partial charge in [-0.3, -0.25) is 4.79 Å². The van der Waals surface area contributed by atoms with Gasteiger partial charge in [-0.2, -0.15) is 0 Å². The Balaban J connectivity index is 3.68. The smallest absolute Gasteiger partial charge is 0.249 e. The summed E-state index contributed by atoms with van der Waals surface area (Å²) in [5.74, 6) is -0.598. The number of unbranched alkanes of at least 4 members (excludes halogenated alkanes) is 28. The van der Waals surface area contributed by atoms with Gasteiger partial charge in [0, 0.05) is 0 Å². The number of carbonyl (C=O) groups excluding carboxylic acids is 1. The van der Waals surface area contributed by atoms with Gasteiger partial charge in [-0.1, -0.05) is 217 Å². The second-order valence-corrected chi connectivity index (χ2v) is 16.4. The number of aliphatic hydroxyl groups excluding tert-OH is 4. The molecule has 4 unspecified atom stereocenters. The van der Waals surface area contributed by atoms with Crippen LogP contribution in [0, 0.1) is 0 Å². The number of amides is 1. The average Bonchev–Trinajstić information content (AvgIpc) is 3.19. The molecule has 0 heterocycles. The van der Waals surface area contributed by atoms with Crippen LogP contribution in [0.15, 0.2) is 36.5 Å². The molecule has 55 heavy (non-hydrogen) atoms. The molecule has 0 aliphatic carbocycles. The van der Waals surface area contributed by atoms with Crippen molar-refractivity contribution in [3.8, 4) is 0 Å². The van der Waals surface area contributed by atoms with Gasteiger partial charge in [-0.05, 0) is 57.8 Å². The Labute approximate surface area is 341 Å². The third-order valence-corrected chi connectivity index (χ3v) is 11.0. The molecule has 6 heteroatoms. The van der Waals surface area contributed by atoms with E-state index in [0.717, 1.165) is 57.8 Å². The molecule has 0 bridgehead atoms. The molecule has 0 radical (unpaired) electrons. The summed E-state index contributed by atoms with van der Waals surface area (Å²) in [5, 5.41) is 43.7. The molecule has 0 fully saturated rings. The highest BCUT2D eigenvalue weighted by atomic mass is 16.3. The van der Waals surface area contributed by atoms with Crippen molar-refractivity contribution in [2.24, 2.45) is 0 Å². The van der Waals surface area contributed by atoms with E-state index in [9.17, 15) is 25.2 Å². The fraction of sp³-hybridized carbons (Fsp3) is 0.857. The van der Waals surface area contributed by atoms with E-state index in [2.05, 4.69) is 55.6 Å². The third kappa shape index (κ3) is 37.8. The standard InChI is InChI=1S/C49H93NO5/c1-3-5-7-9-11-13-15-17-19-20-21-22-23-24-25-26-27-28-29-31-33-35-37-39-41-43-47(53)49(55)50-45(44-51)48(54)46(52)42-40-38-36-34-32-30-18-16-14-12-10-8-6-4-2/h8,10,16,18,34,36,45-48,51-54H,3-7,9,11-15,17,19-33,35,37-44H2,1-2H3,(H,50,55)/b10-8+,18-16+,36-34+. The molecule has 0 rings (SSSR count). The van der Waals surface area contributed by atoms with Crippen LogP contribution in [0.1, 0.15) is 239 Å². The van der Waals surface area contributed by atoms with Gasteiger partial charge >= 0.3 is 0 Å². The first-order valence-corrected chi connectivity index (χ1v) is 23.9. The number of hydrogen-bond acceptors (Lipinski definition) is 5. The highest BCUT2D eigenvalue weighted by Gasteiger charge is 2.28. The molecule has 4 atom stereocenters. The molecule has 0 spiro atoms. The molecule has 0 aromatic rings. The van der Waals surface area contributed by atoms with Crippen molar-refractivity contribution in [3.63, 3.8) is 0 Å². The first-order chi connectivity index (χ1) is 27.0. The lowest BCUT2D eigenvalue weighted by atomic mass is 10.00. The van der Waals surface area contributed by atoms with Crippen LogP contribution in [-0.2, 0) is 4.79 Å². The van der Waals surface area contributed by atoms with Crippen LogP contribution >= 0.6 is 0 Å². The predicted octanol–water partition coefficient (Wildman–Crippen LogP) is 12.9. The summed E-state index contributed by atoms with van der Waals surface area (Å²) in [6, 6.07) is -1.01. The lowest BCUT2D eigenvalue weighted by molar-refractivity contribution is -0.132. The monoisotopic (exact) mass is 776 g/mol. The Kier molecular flexibility index (Phi) is 42.5. The highest BCUT2D eigenvalue weighted by Crippen LogP contribution is 2.17. The van der Waals surface area contributed by atoms with Crippen LogP contribution in [0.25, 0.3) is 0 Å². The maximum atomic E-state index is 12.5. The quantitative estimate of drug-likeness (QED) is 0.0313. The summed E-state index contributed by atoms with van der Waals surface area (Å²) in [4.78, 5) is 12.5. The van der Waals surface area contributed by atoms with Crippen molar-refractivity contribution in [2.75, 3.05) is 6.61 Å². The molecule has 6 nitrogen and oxygen atoms in total. The van der Waals surface area contributed by atoms with Crippen LogP contribution in [0.3, 0.4) is 0 Å². The summed E-state index contributed by atoms with van der Waals surface area (Å²) >= 11 is 0. The van der Waals surface area contributed by atoms with Gasteiger partial charge in [0.25, 0.3) is 0 Å². The summed E-state index contributed by atoms with van der Waals surface area (Å²) < 4.78 is 0. The van der Waals surface area contributed by atoms with E-state index in [-0.39, 0.29) is 0 Å². The van der Waals surface area contributed by atoms with Crippen molar-refractivity contribution in [2.45, 2.75) is 263 Å². The van der Waals surface area contributed by atoms with Crippen LogP contribution in [-0.4, -0.2) is 57.3 Å². The maximum absolute atomic E-state index is 12.5. The van der Waals surface area contributed by atoms with E-state index in [1.165, 1.54) is 148 Å². The van der Waals surface area contributed by atoms with E-state index in [4.69, 9.17) is 0 Å². The lowest BCUT2D eigenvalue weighted by Gasteiger charge is -2.27. The third-order valence-electron chi connectivity index (χ3n) is 11.0. The predicted molar refractivity (Wildman–Crippen MR) is 237 cm³/mol. The van der Waals surface area contributed by atoms with Crippen molar-refractivity contribution in [1.82, 2.24) is 5.32 Å². The molecule has 5 N–H and O–H groups in total. The van der Waals surface area contributed by atoms with E-state index in [1.807, 2.05) is 0 Å². The number of rotatable bonds is 43. The lowest BCUT2D eigenvalue weighted by Crippen LogP contribution is -2.53. The fourth-order valence-electron chi connectivity index (χ4n) is 7.27.